The van der Waals surface area contributed by atoms with E-state index in [1.165, 1.54) is 17.8 Å². The van der Waals surface area contributed by atoms with Crippen molar-refractivity contribution in [3.8, 4) is 17.1 Å². The molecule has 0 saturated carbocycles. The molecule has 0 bridgehead atoms. The van der Waals surface area contributed by atoms with E-state index in [1.807, 2.05) is 38.1 Å². The van der Waals surface area contributed by atoms with Crippen LogP contribution in [0.15, 0.2) is 53.7 Å². The summed E-state index contributed by atoms with van der Waals surface area (Å²) in [5, 5.41) is 11.8. The molecule has 2 aromatic carbocycles. The van der Waals surface area contributed by atoms with Gasteiger partial charge in [-0.3, -0.25) is 9.36 Å². The smallest absolute Gasteiger partial charge is 0.230 e. The van der Waals surface area contributed by atoms with Crippen LogP contribution in [0.2, 0.25) is 0 Å². The molecule has 0 spiro atoms. The molecule has 8 heteroatoms. The van der Waals surface area contributed by atoms with Crippen LogP contribution in [0.5, 0.6) is 0 Å². The van der Waals surface area contributed by atoms with E-state index >= 15 is 0 Å². The molecule has 1 N–H and O–H groups in total. The highest BCUT2D eigenvalue weighted by Crippen LogP contribution is 2.29. The lowest BCUT2D eigenvalue weighted by atomic mass is 10.2. The van der Waals surface area contributed by atoms with Gasteiger partial charge in [0, 0.05) is 18.8 Å². The molecule has 3 rings (SSSR count). The summed E-state index contributed by atoms with van der Waals surface area (Å²) in [4.78, 5) is 12.2. The van der Waals surface area contributed by atoms with Crippen LogP contribution in [0.1, 0.15) is 12.5 Å². The predicted molar refractivity (Wildman–Crippen MR) is 112 cm³/mol. The van der Waals surface area contributed by atoms with Crippen molar-refractivity contribution in [2.75, 3.05) is 19.5 Å². The van der Waals surface area contributed by atoms with Gasteiger partial charge in [0.05, 0.1) is 17.9 Å². The molecule has 0 radical (unpaired) electrons. The van der Waals surface area contributed by atoms with Crippen LogP contribution in [0, 0.1) is 12.7 Å². The largest absolute Gasteiger partial charge is 0.383 e. The van der Waals surface area contributed by atoms with E-state index in [9.17, 15) is 9.18 Å². The molecule has 3 aromatic rings. The van der Waals surface area contributed by atoms with Crippen molar-refractivity contribution in [1.29, 1.82) is 0 Å². The molecule has 0 saturated heterocycles. The lowest BCUT2D eigenvalue weighted by Gasteiger charge is -2.13. The molecule has 1 heterocycles. The number of amides is 1. The monoisotopic (exact) mass is 414 g/mol. The lowest BCUT2D eigenvalue weighted by molar-refractivity contribution is -0.119. The van der Waals surface area contributed by atoms with Crippen LogP contribution in [0.25, 0.3) is 17.1 Å². The number of thioether (sulfide) groups is 1. The first-order valence-electron chi connectivity index (χ1n) is 9.18. The van der Waals surface area contributed by atoms with Gasteiger partial charge in [0.2, 0.25) is 5.91 Å². The second kappa shape index (κ2) is 9.67. The Labute approximate surface area is 173 Å². The van der Waals surface area contributed by atoms with Crippen molar-refractivity contribution in [2.45, 2.75) is 25.0 Å². The minimum absolute atomic E-state index is 0.0861. The summed E-state index contributed by atoms with van der Waals surface area (Å²) in [5.74, 6) is 0.0407. The molecular formula is C21H23FN4O2S. The summed E-state index contributed by atoms with van der Waals surface area (Å²) in [7, 11) is 1.59. The third-order valence-electron chi connectivity index (χ3n) is 4.20. The zero-order chi connectivity index (χ0) is 20.8. The van der Waals surface area contributed by atoms with E-state index in [1.54, 1.807) is 29.9 Å². The Morgan fingerprint density at radius 1 is 1.21 bits per heavy atom. The molecule has 1 aromatic heterocycles. The van der Waals surface area contributed by atoms with Gasteiger partial charge < -0.3 is 10.1 Å². The van der Waals surface area contributed by atoms with Crippen LogP contribution in [-0.4, -0.2) is 46.2 Å². The number of hydrogen-bond acceptors (Lipinski definition) is 5. The summed E-state index contributed by atoms with van der Waals surface area (Å²) < 4.78 is 21.2. The molecule has 0 aliphatic heterocycles. The third kappa shape index (κ3) is 5.21. The predicted octanol–water partition coefficient (Wildman–Crippen LogP) is 3.63. The fourth-order valence-corrected chi connectivity index (χ4v) is 3.61. The Morgan fingerprint density at radius 3 is 2.62 bits per heavy atom. The maximum absolute atomic E-state index is 14.4. The fourth-order valence-electron chi connectivity index (χ4n) is 2.85. The molecular weight excluding hydrogens is 391 g/mol. The second-order valence-electron chi connectivity index (χ2n) is 6.67. The van der Waals surface area contributed by atoms with Crippen molar-refractivity contribution >= 4 is 17.7 Å². The van der Waals surface area contributed by atoms with E-state index in [4.69, 9.17) is 4.74 Å². The number of halogens is 1. The SMILES string of the molecule is COCC(C)NC(=O)CSc1nnc(-c2ccccc2F)n1-c1ccc(C)cc1. The lowest BCUT2D eigenvalue weighted by Crippen LogP contribution is -2.36. The first-order chi connectivity index (χ1) is 14.0. The number of carbonyl (C=O) groups excluding carboxylic acids is 1. The van der Waals surface area contributed by atoms with Gasteiger partial charge in [0.25, 0.3) is 0 Å². The maximum atomic E-state index is 14.4. The minimum atomic E-state index is -0.379. The molecule has 0 fully saturated rings. The maximum Gasteiger partial charge on any atom is 0.230 e. The average molecular weight is 415 g/mol. The van der Waals surface area contributed by atoms with Crippen molar-refractivity contribution in [3.05, 3.63) is 59.9 Å². The van der Waals surface area contributed by atoms with Crippen molar-refractivity contribution in [2.24, 2.45) is 0 Å². The van der Waals surface area contributed by atoms with Crippen molar-refractivity contribution in [3.63, 3.8) is 0 Å². The average Bonchev–Trinajstić information content (AvgIpc) is 3.11. The minimum Gasteiger partial charge on any atom is -0.383 e. The number of nitrogens with one attached hydrogen (secondary N) is 1. The van der Waals surface area contributed by atoms with E-state index in [0.717, 1.165) is 11.3 Å². The zero-order valence-corrected chi connectivity index (χ0v) is 17.4. The highest BCUT2D eigenvalue weighted by molar-refractivity contribution is 7.99. The van der Waals surface area contributed by atoms with Gasteiger partial charge in [0.1, 0.15) is 5.82 Å². The highest BCUT2D eigenvalue weighted by atomic mass is 32.2. The van der Waals surface area contributed by atoms with Gasteiger partial charge in [-0.1, -0.05) is 41.6 Å². The van der Waals surface area contributed by atoms with Crippen LogP contribution >= 0.6 is 11.8 Å². The number of benzene rings is 2. The highest BCUT2D eigenvalue weighted by Gasteiger charge is 2.19. The van der Waals surface area contributed by atoms with E-state index in [0.29, 0.717) is 23.2 Å². The first-order valence-corrected chi connectivity index (χ1v) is 10.2. The number of rotatable bonds is 8. The zero-order valence-electron chi connectivity index (χ0n) is 16.6. The Morgan fingerprint density at radius 2 is 1.93 bits per heavy atom. The molecule has 29 heavy (non-hydrogen) atoms. The number of ether oxygens (including phenoxy) is 1. The summed E-state index contributed by atoms with van der Waals surface area (Å²) >= 11 is 1.25. The number of aromatic nitrogens is 3. The Balaban J connectivity index is 1.90. The Bertz CT molecular complexity index is 975. The van der Waals surface area contributed by atoms with Gasteiger partial charge in [-0.2, -0.15) is 0 Å². The third-order valence-corrected chi connectivity index (χ3v) is 5.13. The molecule has 1 atom stereocenters. The van der Waals surface area contributed by atoms with Crippen LogP contribution < -0.4 is 5.32 Å². The van der Waals surface area contributed by atoms with E-state index in [-0.39, 0.29) is 23.5 Å². The number of nitrogens with zero attached hydrogens (tertiary/aromatic N) is 3. The first kappa shape index (κ1) is 21.0. The van der Waals surface area contributed by atoms with Gasteiger partial charge in [-0.05, 0) is 38.1 Å². The van der Waals surface area contributed by atoms with Crippen LogP contribution in [-0.2, 0) is 9.53 Å². The van der Waals surface area contributed by atoms with Crippen LogP contribution in [0.4, 0.5) is 4.39 Å². The van der Waals surface area contributed by atoms with Gasteiger partial charge in [-0.25, -0.2) is 4.39 Å². The molecule has 0 aliphatic rings. The Kier molecular flexibility index (Phi) is 7.00. The molecule has 152 valence electrons. The molecule has 1 amide bonds. The van der Waals surface area contributed by atoms with Crippen LogP contribution in [0.3, 0.4) is 0 Å². The fraction of sp³-hybridized carbons (Fsp3) is 0.286. The normalized spacial score (nSPS) is 12.0. The summed E-state index contributed by atoms with van der Waals surface area (Å²) in [6.07, 6.45) is 0. The van der Waals surface area contributed by atoms with Crippen molar-refractivity contribution in [1.82, 2.24) is 20.1 Å². The van der Waals surface area contributed by atoms with E-state index < -0.39 is 0 Å². The topological polar surface area (TPSA) is 69.0 Å². The summed E-state index contributed by atoms with van der Waals surface area (Å²) in [6.45, 7) is 4.30. The standard InChI is InChI=1S/C21H23FN4O2S/c1-14-8-10-16(11-9-14)26-20(17-6-4-5-7-18(17)22)24-25-21(26)29-13-19(27)23-15(2)12-28-3/h4-11,15H,12-13H2,1-3H3,(H,23,27). The van der Waals surface area contributed by atoms with Gasteiger partial charge in [0.15, 0.2) is 11.0 Å². The number of methoxy groups -OCH3 is 1. The molecule has 6 nitrogen and oxygen atoms in total. The number of carbonyl (C=O) groups is 1. The van der Waals surface area contributed by atoms with Crippen molar-refractivity contribution < 1.29 is 13.9 Å². The molecule has 0 aliphatic carbocycles. The molecule has 1 unspecified atom stereocenters. The quantitative estimate of drug-likeness (QED) is 0.570. The van der Waals surface area contributed by atoms with Gasteiger partial charge >= 0.3 is 0 Å². The second-order valence-corrected chi connectivity index (χ2v) is 7.61. The van der Waals surface area contributed by atoms with Gasteiger partial charge in [-0.15, -0.1) is 10.2 Å². The van der Waals surface area contributed by atoms with E-state index in [2.05, 4.69) is 15.5 Å². The summed E-state index contributed by atoms with van der Waals surface area (Å²) in [5.41, 5.74) is 2.26. The number of hydrogen-bond donors (Lipinski definition) is 1. The number of aryl methyl sites for hydroxylation is 1. The summed E-state index contributed by atoms with van der Waals surface area (Å²) in [6, 6.07) is 14.1. The Hall–Kier alpha value is -2.71.